The fourth-order valence-electron chi connectivity index (χ4n) is 3.33. The average Bonchev–Trinajstić information content (AvgIpc) is 2.64. The molecule has 0 aromatic heterocycles. The first-order valence-corrected chi connectivity index (χ1v) is 13.5. The molecule has 1 saturated heterocycles. The maximum absolute atomic E-state index is 12.1. The van der Waals surface area contributed by atoms with Gasteiger partial charge in [0.05, 0.1) is 31.3 Å². The second-order valence-electron chi connectivity index (χ2n) is 9.85. The van der Waals surface area contributed by atoms with E-state index in [2.05, 4.69) is 33.9 Å². The molecule has 2 rings (SSSR count). The monoisotopic (exact) mass is 422 g/mol. The number of cyclic esters (lactones) is 1. The number of carbonyl (C=O) groups excluding carboxylic acids is 1. The van der Waals surface area contributed by atoms with Crippen molar-refractivity contribution in [3.63, 3.8) is 0 Å². The van der Waals surface area contributed by atoms with Gasteiger partial charge < -0.3 is 19.0 Å². The summed E-state index contributed by atoms with van der Waals surface area (Å²) in [5.41, 5.74) is 1.11. The third-order valence-corrected chi connectivity index (χ3v) is 11.0. The third-order valence-electron chi connectivity index (χ3n) is 6.45. The van der Waals surface area contributed by atoms with E-state index in [1.807, 2.05) is 37.3 Å². The number of aliphatic hydroxyl groups is 1. The van der Waals surface area contributed by atoms with Gasteiger partial charge >= 0.3 is 5.97 Å². The molecule has 0 aliphatic carbocycles. The molecule has 0 unspecified atom stereocenters. The molecular formula is C23H38O5Si. The Morgan fingerprint density at radius 1 is 1.17 bits per heavy atom. The molecule has 0 amide bonds. The molecule has 1 aromatic carbocycles. The van der Waals surface area contributed by atoms with Crippen molar-refractivity contribution in [1.82, 2.24) is 0 Å². The van der Waals surface area contributed by atoms with Crippen LogP contribution >= 0.6 is 0 Å². The number of ether oxygens (including phenoxy) is 2. The van der Waals surface area contributed by atoms with E-state index in [1.165, 1.54) is 0 Å². The minimum Gasteiger partial charge on any atom is -0.462 e. The molecule has 1 N–H and O–H groups in total. The zero-order chi connectivity index (χ0) is 21.8. The molecule has 0 saturated carbocycles. The molecule has 29 heavy (non-hydrogen) atoms. The summed E-state index contributed by atoms with van der Waals surface area (Å²) in [4.78, 5) is 12.1. The van der Waals surface area contributed by atoms with Crippen LogP contribution in [0.5, 0.6) is 0 Å². The summed E-state index contributed by atoms with van der Waals surface area (Å²) in [6.45, 7) is 15.6. The van der Waals surface area contributed by atoms with Crippen molar-refractivity contribution in [3.05, 3.63) is 35.9 Å². The Morgan fingerprint density at radius 2 is 1.79 bits per heavy atom. The molecule has 1 aromatic rings. The van der Waals surface area contributed by atoms with Gasteiger partial charge in [-0.3, -0.25) is 4.79 Å². The van der Waals surface area contributed by atoms with Crippen molar-refractivity contribution >= 4 is 14.3 Å². The van der Waals surface area contributed by atoms with Gasteiger partial charge in [-0.15, -0.1) is 0 Å². The Labute approximate surface area is 176 Å². The molecule has 1 aliphatic rings. The molecule has 0 spiro atoms. The van der Waals surface area contributed by atoms with Crippen LogP contribution in [0.2, 0.25) is 18.1 Å². The fourth-order valence-corrected chi connectivity index (χ4v) is 4.68. The van der Waals surface area contributed by atoms with Crippen LogP contribution in [-0.2, 0) is 25.3 Å². The molecule has 1 aliphatic heterocycles. The van der Waals surface area contributed by atoms with E-state index in [9.17, 15) is 9.90 Å². The van der Waals surface area contributed by atoms with Gasteiger partial charge in [-0.25, -0.2) is 0 Å². The number of hydrogen-bond donors (Lipinski definition) is 1. The normalized spacial score (nSPS) is 26.8. The van der Waals surface area contributed by atoms with Crippen molar-refractivity contribution in [2.75, 3.05) is 6.61 Å². The number of carbonyl (C=O) groups is 1. The standard InChI is InChI=1S/C23H38O5Si/c1-16-20(27-22(25)17(2)21(16)24)13-19(28-29(6,7)23(3,4)5)15-26-14-18-11-9-8-10-12-18/h8-12,16-17,19-21,24H,13-15H2,1-7H3/t16-,17+,19-,20-,21-/m0/s1. The van der Waals surface area contributed by atoms with Gasteiger partial charge in [0.1, 0.15) is 6.10 Å². The number of aliphatic hydroxyl groups excluding tert-OH is 1. The van der Waals surface area contributed by atoms with Gasteiger partial charge in [0.25, 0.3) is 0 Å². The summed E-state index contributed by atoms with van der Waals surface area (Å²) < 4.78 is 18.3. The highest BCUT2D eigenvalue weighted by molar-refractivity contribution is 6.74. The summed E-state index contributed by atoms with van der Waals surface area (Å²) >= 11 is 0. The van der Waals surface area contributed by atoms with E-state index < -0.39 is 20.3 Å². The van der Waals surface area contributed by atoms with Crippen LogP contribution in [0.1, 0.15) is 46.6 Å². The number of rotatable bonds is 8. The van der Waals surface area contributed by atoms with Crippen LogP contribution in [0.4, 0.5) is 0 Å². The maximum atomic E-state index is 12.1. The number of hydrogen-bond acceptors (Lipinski definition) is 5. The van der Waals surface area contributed by atoms with Crippen molar-refractivity contribution in [2.24, 2.45) is 11.8 Å². The Kier molecular flexibility index (Phi) is 8.07. The first kappa shape index (κ1) is 24.1. The van der Waals surface area contributed by atoms with Gasteiger partial charge in [-0.1, -0.05) is 58.0 Å². The average molecular weight is 423 g/mol. The Bertz CT molecular complexity index is 655. The molecule has 0 radical (unpaired) electrons. The predicted octanol–water partition coefficient (Wildman–Crippen LogP) is 4.54. The minimum absolute atomic E-state index is 0.0631. The van der Waals surface area contributed by atoms with Gasteiger partial charge in [0.15, 0.2) is 8.32 Å². The highest BCUT2D eigenvalue weighted by atomic mass is 28.4. The van der Waals surface area contributed by atoms with Crippen LogP contribution in [0, 0.1) is 11.8 Å². The maximum Gasteiger partial charge on any atom is 0.311 e. The van der Waals surface area contributed by atoms with Gasteiger partial charge in [0.2, 0.25) is 0 Å². The van der Waals surface area contributed by atoms with Gasteiger partial charge in [0, 0.05) is 12.3 Å². The number of benzene rings is 1. The lowest BCUT2D eigenvalue weighted by molar-refractivity contribution is -0.180. The van der Waals surface area contributed by atoms with Crippen LogP contribution < -0.4 is 0 Å². The van der Waals surface area contributed by atoms with E-state index >= 15 is 0 Å². The lowest BCUT2D eigenvalue weighted by Crippen LogP contribution is -2.50. The van der Waals surface area contributed by atoms with E-state index in [-0.39, 0.29) is 29.1 Å². The quantitative estimate of drug-likeness (QED) is 0.492. The molecule has 6 heteroatoms. The second kappa shape index (κ2) is 9.73. The van der Waals surface area contributed by atoms with Crippen molar-refractivity contribution in [3.8, 4) is 0 Å². The Hall–Kier alpha value is -1.21. The van der Waals surface area contributed by atoms with Crippen LogP contribution in [-0.4, -0.2) is 44.3 Å². The second-order valence-corrected chi connectivity index (χ2v) is 14.6. The van der Waals surface area contributed by atoms with Gasteiger partial charge in [-0.05, 0) is 30.6 Å². The largest absolute Gasteiger partial charge is 0.462 e. The fraction of sp³-hybridized carbons (Fsp3) is 0.696. The first-order chi connectivity index (χ1) is 13.4. The van der Waals surface area contributed by atoms with Crippen molar-refractivity contribution in [2.45, 2.75) is 84.1 Å². The Morgan fingerprint density at radius 3 is 2.38 bits per heavy atom. The van der Waals surface area contributed by atoms with Gasteiger partial charge in [-0.2, -0.15) is 0 Å². The smallest absolute Gasteiger partial charge is 0.311 e. The molecule has 164 valence electrons. The summed E-state index contributed by atoms with van der Waals surface area (Å²) in [7, 11) is -2.03. The van der Waals surface area contributed by atoms with Crippen LogP contribution in [0.15, 0.2) is 30.3 Å². The molecule has 0 bridgehead atoms. The molecule has 1 heterocycles. The van der Waals surface area contributed by atoms with Crippen LogP contribution in [0.25, 0.3) is 0 Å². The first-order valence-electron chi connectivity index (χ1n) is 10.6. The third kappa shape index (κ3) is 6.38. The summed E-state index contributed by atoms with van der Waals surface area (Å²) in [5.74, 6) is -0.963. The van der Waals surface area contributed by atoms with E-state index in [0.717, 1.165) is 5.56 Å². The molecule has 5 nitrogen and oxygen atoms in total. The zero-order valence-corrected chi connectivity index (χ0v) is 20.0. The molecule has 5 atom stereocenters. The lowest BCUT2D eigenvalue weighted by Gasteiger charge is -2.42. The van der Waals surface area contributed by atoms with E-state index in [0.29, 0.717) is 19.6 Å². The molecular weight excluding hydrogens is 384 g/mol. The Balaban J connectivity index is 2.08. The highest BCUT2D eigenvalue weighted by Crippen LogP contribution is 2.38. The summed E-state index contributed by atoms with van der Waals surface area (Å²) in [6.07, 6.45) is -0.734. The van der Waals surface area contributed by atoms with Crippen molar-refractivity contribution in [1.29, 1.82) is 0 Å². The van der Waals surface area contributed by atoms with Crippen molar-refractivity contribution < 1.29 is 23.8 Å². The SMILES string of the molecule is C[C@@H]1[C@H](O)[C@@H](C)C(=O)O[C@H]1C[C@@H](COCc1ccccc1)O[Si](C)(C)C(C)(C)C. The van der Waals surface area contributed by atoms with E-state index in [1.54, 1.807) is 6.92 Å². The number of esters is 1. The molecule has 1 fully saturated rings. The summed E-state index contributed by atoms with van der Waals surface area (Å²) in [6, 6.07) is 10.0. The van der Waals surface area contributed by atoms with E-state index in [4.69, 9.17) is 13.9 Å². The lowest BCUT2D eigenvalue weighted by atomic mass is 9.84. The van der Waals surface area contributed by atoms with Crippen LogP contribution in [0.3, 0.4) is 0 Å². The zero-order valence-electron chi connectivity index (χ0n) is 19.0. The topological polar surface area (TPSA) is 65.0 Å². The minimum atomic E-state index is -2.03. The highest BCUT2D eigenvalue weighted by Gasteiger charge is 2.44. The predicted molar refractivity (Wildman–Crippen MR) is 117 cm³/mol. The summed E-state index contributed by atoms with van der Waals surface area (Å²) in [5, 5.41) is 10.5.